The van der Waals surface area contributed by atoms with Gasteiger partial charge < -0.3 is 13.7 Å². The molecule has 30 heavy (non-hydrogen) atoms. The van der Waals surface area contributed by atoms with E-state index in [2.05, 4.69) is 46.4 Å². The summed E-state index contributed by atoms with van der Waals surface area (Å²) in [7, 11) is -1.48. The Hall–Kier alpha value is -0.0982. The summed E-state index contributed by atoms with van der Waals surface area (Å²) in [5, 5.41) is 0. The zero-order valence-corrected chi connectivity index (χ0v) is 21.2. The van der Waals surface area contributed by atoms with Crippen LogP contribution < -0.4 is 0 Å². The highest BCUT2D eigenvalue weighted by atomic mass is 28.4. The fourth-order valence-corrected chi connectivity index (χ4v) is 9.85. The fourth-order valence-electron chi connectivity index (χ4n) is 8.65. The van der Waals surface area contributed by atoms with Gasteiger partial charge in [0.2, 0.25) is 0 Å². The third kappa shape index (κ3) is 3.51. The number of hydrogen-bond acceptors (Lipinski definition) is 3. The lowest BCUT2D eigenvalue weighted by atomic mass is 9.47. The largest absolute Gasteiger partial charge is 0.453 e. The molecule has 1 heterocycles. The maximum atomic E-state index is 6.55. The average Bonchev–Trinajstić information content (AvgIpc) is 3.23. The van der Waals surface area contributed by atoms with Crippen LogP contribution in [0.2, 0.25) is 26.5 Å². The zero-order valence-electron chi connectivity index (χ0n) is 20.2. The Labute approximate surface area is 186 Å². The molecule has 0 aromatic carbocycles. The predicted octanol–water partition coefficient (Wildman–Crippen LogP) is 6.32. The molecule has 1 aliphatic heterocycles. The van der Waals surface area contributed by atoms with Gasteiger partial charge in [-0.2, -0.15) is 0 Å². The van der Waals surface area contributed by atoms with Crippen LogP contribution in [-0.2, 0) is 13.7 Å². The van der Waals surface area contributed by atoms with Crippen LogP contribution in [0.5, 0.6) is 0 Å². The van der Waals surface area contributed by atoms with Gasteiger partial charge in [0.15, 0.2) is 8.32 Å². The molecule has 0 radical (unpaired) electrons. The minimum absolute atomic E-state index is 0.0124. The molecule has 5 heteroatoms. The van der Waals surface area contributed by atoms with E-state index in [4.69, 9.17) is 13.7 Å². The highest BCUT2D eigenvalue weighted by molar-refractivity contribution is 6.69. The first-order valence-corrected chi connectivity index (χ1v) is 16.2. The van der Waals surface area contributed by atoms with E-state index in [1.807, 2.05) is 0 Å². The lowest BCUT2D eigenvalue weighted by molar-refractivity contribution is -0.0637. The van der Waals surface area contributed by atoms with Crippen LogP contribution in [0.25, 0.3) is 0 Å². The summed E-state index contributed by atoms with van der Waals surface area (Å²) in [6.45, 7) is 15.1. The van der Waals surface area contributed by atoms with Gasteiger partial charge in [0.1, 0.15) is 0 Å². The smallest absolute Gasteiger partial charge is 0.414 e. The van der Waals surface area contributed by atoms with Crippen molar-refractivity contribution in [3.8, 4) is 0 Å². The summed E-state index contributed by atoms with van der Waals surface area (Å²) < 4.78 is 18.6. The molecule has 8 atom stereocenters. The van der Waals surface area contributed by atoms with Gasteiger partial charge in [-0.05, 0) is 112 Å². The van der Waals surface area contributed by atoms with E-state index < -0.39 is 8.32 Å². The topological polar surface area (TPSA) is 27.7 Å². The number of rotatable bonds is 3. The Morgan fingerprint density at radius 1 is 1.03 bits per heavy atom. The molecular weight excluding hydrogens is 387 g/mol. The summed E-state index contributed by atoms with van der Waals surface area (Å²) in [5.74, 6) is 3.30. The van der Waals surface area contributed by atoms with E-state index in [0.717, 1.165) is 24.4 Å². The van der Waals surface area contributed by atoms with Crippen molar-refractivity contribution in [1.29, 1.82) is 0 Å². The van der Waals surface area contributed by atoms with Crippen molar-refractivity contribution in [1.82, 2.24) is 0 Å². The third-order valence-corrected chi connectivity index (χ3v) is 11.0. The summed E-state index contributed by atoms with van der Waals surface area (Å²) in [6.07, 6.45) is 14.1. The molecule has 0 amide bonds. The monoisotopic (exact) mass is 430 g/mol. The Morgan fingerprint density at radius 2 is 1.80 bits per heavy atom. The summed E-state index contributed by atoms with van der Waals surface area (Å²) in [6, 6.07) is 0. The molecule has 0 aromatic heterocycles. The molecule has 5 aliphatic rings. The van der Waals surface area contributed by atoms with Crippen molar-refractivity contribution < 1.29 is 13.7 Å². The minimum Gasteiger partial charge on any atom is -0.414 e. The molecule has 3 nitrogen and oxygen atoms in total. The molecule has 0 spiro atoms. The first-order valence-electron chi connectivity index (χ1n) is 12.7. The Morgan fingerprint density at radius 3 is 2.50 bits per heavy atom. The highest BCUT2D eigenvalue weighted by Gasteiger charge is 2.60. The van der Waals surface area contributed by atoms with E-state index in [0.29, 0.717) is 29.0 Å². The maximum Gasteiger partial charge on any atom is 0.453 e. The number of hydrogen-bond donors (Lipinski definition) is 0. The van der Waals surface area contributed by atoms with Crippen molar-refractivity contribution in [2.75, 3.05) is 6.61 Å². The van der Waals surface area contributed by atoms with Crippen LogP contribution in [0, 0.1) is 34.5 Å². The Kier molecular flexibility index (Phi) is 5.41. The van der Waals surface area contributed by atoms with Gasteiger partial charge in [-0.15, -0.1) is 0 Å². The molecule has 168 valence electrons. The minimum atomic E-state index is -1.46. The van der Waals surface area contributed by atoms with Crippen molar-refractivity contribution in [3.63, 3.8) is 0 Å². The van der Waals surface area contributed by atoms with Gasteiger partial charge in [-0.25, -0.2) is 0 Å². The Balaban J connectivity index is 1.35. The van der Waals surface area contributed by atoms with Crippen molar-refractivity contribution in [2.45, 2.75) is 104 Å². The first kappa shape index (κ1) is 21.7. The van der Waals surface area contributed by atoms with Gasteiger partial charge in [0, 0.05) is 6.10 Å². The molecular formula is C25H43BO3Si. The SMILES string of the molecule is CB1OC[C@H]([C@H]2CCC3C4CC=C5C[C@@H](O[Si](C)(C)C)CC[C@]5(C)C4CC[C@@]32C)O1. The molecule has 4 fully saturated rings. The Bertz CT molecular complexity index is 705. The third-order valence-electron chi connectivity index (χ3n) is 9.96. The standard InChI is InChI=1S/C25H43BO3Si/c1-24-13-11-18(29-30(4,5)6)15-17(24)7-8-19-20-9-10-22(23-16-27-26(3)28-23)25(20,2)14-12-21(19)24/h7,18-23H,8-16H2,1-6H3/t18-,19?,20?,21?,22+,23+,24-,25-/m0/s1. The number of allylic oxidation sites excluding steroid dienone is 1. The normalized spacial score (nSPS) is 48.7. The van der Waals surface area contributed by atoms with Gasteiger partial charge in [-0.1, -0.05) is 25.5 Å². The zero-order chi connectivity index (χ0) is 21.3. The first-order chi connectivity index (χ1) is 14.1. The quantitative estimate of drug-likeness (QED) is 0.387. The van der Waals surface area contributed by atoms with Crippen LogP contribution in [-0.4, -0.2) is 34.3 Å². The van der Waals surface area contributed by atoms with Crippen molar-refractivity contribution >= 4 is 15.4 Å². The van der Waals surface area contributed by atoms with Crippen LogP contribution >= 0.6 is 0 Å². The second-order valence-corrected chi connectivity index (χ2v) is 17.1. The van der Waals surface area contributed by atoms with Crippen LogP contribution in [0.4, 0.5) is 0 Å². The fraction of sp³-hybridized carbons (Fsp3) is 0.920. The summed E-state index contributed by atoms with van der Waals surface area (Å²) >= 11 is 0. The van der Waals surface area contributed by atoms with Crippen molar-refractivity contribution in [3.05, 3.63) is 11.6 Å². The lowest BCUT2D eigenvalue weighted by Gasteiger charge is -2.58. The van der Waals surface area contributed by atoms with Gasteiger partial charge in [0.25, 0.3) is 0 Å². The van der Waals surface area contributed by atoms with Crippen molar-refractivity contribution in [2.24, 2.45) is 34.5 Å². The highest BCUT2D eigenvalue weighted by Crippen LogP contribution is 2.67. The van der Waals surface area contributed by atoms with E-state index in [1.54, 1.807) is 5.57 Å². The average molecular weight is 431 g/mol. The second kappa shape index (κ2) is 7.46. The molecule has 4 aliphatic carbocycles. The molecule has 0 aromatic rings. The molecule has 1 saturated heterocycles. The summed E-state index contributed by atoms with van der Waals surface area (Å²) in [5.41, 5.74) is 2.61. The molecule has 3 unspecified atom stereocenters. The maximum absolute atomic E-state index is 6.55. The van der Waals surface area contributed by atoms with Gasteiger partial charge in [-0.3, -0.25) is 0 Å². The van der Waals surface area contributed by atoms with Gasteiger partial charge >= 0.3 is 7.12 Å². The van der Waals surface area contributed by atoms with E-state index in [-0.39, 0.29) is 7.12 Å². The van der Waals surface area contributed by atoms with Crippen LogP contribution in [0.1, 0.15) is 65.2 Å². The van der Waals surface area contributed by atoms with E-state index in [9.17, 15) is 0 Å². The van der Waals surface area contributed by atoms with E-state index >= 15 is 0 Å². The van der Waals surface area contributed by atoms with Crippen LogP contribution in [0.15, 0.2) is 11.6 Å². The van der Waals surface area contributed by atoms with Crippen LogP contribution in [0.3, 0.4) is 0 Å². The lowest BCUT2D eigenvalue weighted by Crippen LogP contribution is -2.52. The van der Waals surface area contributed by atoms with Gasteiger partial charge in [0.05, 0.1) is 12.7 Å². The van der Waals surface area contributed by atoms with E-state index in [1.165, 1.54) is 51.4 Å². The molecule has 3 saturated carbocycles. The molecule has 5 rings (SSSR count). The molecule has 0 N–H and O–H groups in total. The number of fused-ring (bicyclic) bond motifs is 5. The second-order valence-electron chi connectivity index (χ2n) is 12.7. The summed E-state index contributed by atoms with van der Waals surface area (Å²) in [4.78, 5) is 0. The predicted molar refractivity (Wildman–Crippen MR) is 126 cm³/mol. The molecule has 0 bridgehead atoms.